The molecule has 1 heterocycles. The topological polar surface area (TPSA) is 56.6 Å². The largest absolute Gasteiger partial charge is 0.416 e. The van der Waals surface area contributed by atoms with Crippen molar-refractivity contribution in [2.75, 3.05) is 0 Å². The number of halogens is 3. The fourth-order valence-electron chi connectivity index (χ4n) is 2.48. The van der Waals surface area contributed by atoms with E-state index >= 15 is 0 Å². The third-order valence-corrected chi connectivity index (χ3v) is 3.56. The molecule has 23 heavy (non-hydrogen) atoms. The van der Waals surface area contributed by atoms with Crippen LogP contribution in [0.3, 0.4) is 0 Å². The highest BCUT2D eigenvalue weighted by molar-refractivity contribution is 6.04. The third-order valence-electron chi connectivity index (χ3n) is 3.56. The van der Waals surface area contributed by atoms with Gasteiger partial charge in [0, 0.05) is 16.5 Å². The summed E-state index contributed by atoms with van der Waals surface area (Å²) >= 11 is 0. The molecule has 0 amide bonds. The van der Waals surface area contributed by atoms with E-state index in [4.69, 9.17) is 5.26 Å². The van der Waals surface area contributed by atoms with Gasteiger partial charge in [-0.05, 0) is 35.9 Å². The number of rotatable bonds is 2. The zero-order valence-corrected chi connectivity index (χ0v) is 11.6. The number of H-pyrrole nitrogens is 1. The zero-order valence-electron chi connectivity index (χ0n) is 11.6. The number of carbonyl (C=O) groups excluding carboxylic acids is 1. The second kappa shape index (κ2) is 5.29. The van der Waals surface area contributed by atoms with Crippen LogP contribution < -0.4 is 0 Å². The molecule has 0 atom stereocenters. The molecule has 0 saturated heterocycles. The Morgan fingerprint density at radius 1 is 1.13 bits per heavy atom. The van der Waals surface area contributed by atoms with Crippen molar-refractivity contribution in [3.05, 3.63) is 59.2 Å². The van der Waals surface area contributed by atoms with Crippen LogP contribution in [-0.2, 0) is 6.18 Å². The quantitative estimate of drug-likeness (QED) is 0.706. The maximum atomic E-state index is 12.9. The molecular formula is C17H9F3N2O. The number of benzene rings is 2. The van der Waals surface area contributed by atoms with Gasteiger partial charge in [-0.3, -0.25) is 4.79 Å². The minimum absolute atomic E-state index is 0.233. The summed E-state index contributed by atoms with van der Waals surface area (Å²) in [5.74, 6) is 0. The number of hydrogen-bond donors (Lipinski definition) is 1. The molecule has 0 aliphatic heterocycles. The Hall–Kier alpha value is -3.07. The average molecular weight is 314 g/mol. The first-order chi connectivity index (χ1) is 10.9. The summed E-state index contributed by atoms with van der Waals surface area (Å²) in [6.45, 7) is 0. The molecule has 0 radical (unpaired) electrons. The fraction of sp³-hybridized carbons (Fsp3) is 0.0588. The summed E-state index contributed by atoms with van der Waals surface area (Å²) in [6, 6.07) is 11.5. The van der Waals surface area contributed by atoms with Crippen LogP contribution in [0.25, 0.3) is 22.2 Å². The predicted molar refractivity (Wildman–Crippen MR) is 78.8 cm³/mol. The van der Waals surface area contributed by atoms with Crippen molar-refractivity contribution in [2.24, 2.45) is 0 Å². The third kappa shape index (κ3) is 2.57. The highest BCUT2D eigenvalue weighted by atomic mass is 19.4. The van der Waals surface area contributed by atoms with E-state index in [-0.39, 0.29) is 11.1 Å². The van der Waals surface area contributed by atoms with Gasteiger partial charge in [0.25, 0.3) is 0 Å². The highest BCUT2D eigenvalue weighted by Gasteiger charge is 2.30. The van der Waals surface area contributed by atoms with Gasteiger partial charge in [0.05, 0.1) is 22.9 Å². The molecule has 2 aromatic carbocycles. The number of hydrogen-bond acceptors (Lipinski definition) is 2. The summed E-state index contributed by atoms with van der Waals surface area (Å²) in [5.41, 5.74) is 0.959. The Morgan fingerprint density at radius 3 is 2.57 bits per heavy atom. The van der Waals surface area contributed by atoms with E-state index in [0.717, 1.165) is 12.1 Å². The molecule has 3 nitrogen and oxygen atoms in total. The molecule has 6 heteroatoms. The molecule has 1 aromatic heterocycles. The standard InChI is InChI=1S/C17H9F3N2O/c18-17(19,20)12-3-1-2-11(7-12)16-14(9-23)13-6-10(8-21)4-5-15(13)22-16/h1-7,9,22H. The SMILES string of the molecule is N#Cc1ccc2[nH]c(-c3cccc(C(F)(F)F)c3)c(C=O)c2c1. The average Bonchev–Trinajstić information content (AvgIpc) is 2.91. The first-order valence-corrected chi connectivity index (χ1v) is 6.62. The summed E-state index contributed by atoms with van der Waals surface area (Å²) in [7, 11) is 0. The van der Waals surface area contributed by atoms with E-state index in [1.807, 2.05) is 6.07 Å². The fourth-order valence-corrected chi connectivity index (χ4v) is 2.48. The van der Waals surface area contributed by atoms with Gasteiger partial charge in [-0.15, -0.1) is 0 Å². The number of alkyl halides is 3. The Morgan fingerprint density at radius 2 is 1.91 bits per heavy atom. The van der Waals surface area contributed by atoms with Crippen LogP contribution in [0.1, 0.15) is 21.5 Å². The molecule has 114 valence electrons. The Labute approximate surface area is 129 Å². The normalized spacial score (nSPS) is 11.4. The Balaban J connectivity index is 2.25. The number of carbonyl (C=O) groups is 1. The van der Waals surface area contributed by atoms with E-state index in [0.29, 0.717) is 28.4 Å². The number of aromatic nitrogens is 1. The van der Waals surface area contributed by atoms with Crippen LogP contribution in [0, 0.1) is 11.3 Å². The number of nitrogens with one attached hydrogen (secondary N) is 1. The number of fused-ring (bicyclic) bond motifs is 1. The van der Waals surface area contributed by atoms with Crippen molar-refractivity contribution >= 4 is 17.2 Å². The van der Waals surface area contributed by atoms with E-state index in [9.17, 15) is 18.0 Å². The molecule has 0 aliphatic carbocycles. The van der Waals surface area contributed by atoms with Crippen LogP contribution in [0.2, 0.25) is 0 Å². The minimum atomic E-state index is -4.46. The van der Waals surface area contributed by atoms with Crippen LogP contribution in [-0.4, -0.2) is 11.3 Å². The molecule has 0 spiro atoms. The van der Waals surface area contributed by atoms with Gasteiger partial charge in [-0.1, -0.05) is 12.1 Å². The van der Waals surface area contributed by atoms with Gasteiger partial charge in [-0.25, -0.2) is 0 Å². The lowest BCUT2D eigenvalue weighted by atomic mass is 10.0. The molecule has 0 unspecified atom stereocenters. The number of aldehydes is 1. The lowest BCUT2D eigenvalue weighted by molar-refractivity contribution is -0.137. The molecular weight excluding hydrogens is 305 g/mol. The second-order valence-electron chi connectivity index (χ2n) is 4.98. The maximum Gasteiger partial charge on any atom is 0.416 e. The number of nitrogens with zero attached hydrogens (tertiary/aromatic N) is 1. The van der Waals surface area contributed by atoms with Crippen molar-refractivity contribution in [2.45, 2.75) is 6.18 Å². The van der Waals surface area contributed by atoms with Crippen LogP contribution in [0.15, 0.2) is 42.5 Å². The minimum Gasteiger partial charge on any atom is -0.354 e. The van der Waals surface area contributed by atoms with Crippen molar-refractivity contribution in [3.8, 4) is 17.3 Å². The van der Waals surface area contributed by atoms with Gasteiger partial charge < -0.3 is 4.98 Å². The van der Waals surface area contributed by atoms with Crippen LogP contribution in [0.4, 0.5) is 13.2 Å². The van der Waals surface area contributed by atoms with E-state index < -0.39 is 11.7 Å². The highest BCUT2D eigenvalue weighted by Crippen LogP contribution is 2.34. The summed E-state index contributed by atoms with van der Waals surface area (Å²) < 4.78 is 38.6. The zero-order chi connectivity index (χ0) is 16.6. The molecule has 0 aliphatic rings. The molecule has 1 N–H and O–H groups in total. The van der Waals surface area contributed by atoms with Gasteiger partial charge in [0.2, 0.25) is 0 Å². The van der Waals surface area contributed by atoms with Crippen molar-refractivity contribution < 1.29 is 18.0 Å². The molecule has 3 aromatic rings. The lowest BCUT2D eigenvalue weighted by Gasteiger charge is -2.08. The van der Waals surface area contributed by atoms with E-state index in [1.165, 1.54) is 18.2 Å². The van der Waals surface area contributed by atoms with Gasteiger partial charge >= 0.3 is 6.18 Å². The number of aromatic amines is 1. The van der Waals surface area contributed by atoms with Gasteiger partial charge in [0.1, 0.15) is 0 Å². The van der Waals surface area contributed by atoms with Crippen LogP contribution >= 0.6 is 0 Å². The molecule has 0 fully saturated rings. The van der Waals surface area contributed by atoms with E-state index in [1.54, 1.807) is 12.1 Å². The second-order valence-corrected chi connectivity index (χ2v) is 4.98. The maximum absolute atomic E-state index is 12.9. The van der Waals surface area contributed by atoms with E-state index in [2.05, 4.69) is 4.98 Å². The van der Waals surface area contributed by atoms with Crippen LogP contribution in [0.5, 0.6) is 0 Å². The molecule has 0 saturated carbocycles. The molecule has 0 bridgehead atoms. The van der Waals surface area contributed by atoms with Crippen molar-refractivity contribution in [1.29, 1.82) is 5.26 Å². The summed E-state index contributed by atoms with van der Waals surface area (Å²) in [6.07, 6.45) is -3.88. The first-order valence-electron chi connectivity index (χ1n) is 6.62. The molecule has 3 rings (SSSR count). The summed E-state index contributed by atoms with van der Waals surface area (Å²) in [4.78, 5) is 14.4. The smallest absolute Gasteiger partial charge is 0.354 e. The van der Waals surface area contributed by atoms with Crippen molar-refractivity contribution in [1.82, 2.24) is 4.98 Å². The van der Waals surface area contributed by atoms with Gasteiger partial charge in [-0.2, -0.15) is 18.4 Å². The van der Waals surface area contributed by atoms with Crippen molar-refractivity contribution in [3.63, 3.8) is 0 Å². The lowest BCUT2D eigenvalue weighted by Crippen LogP contribution is -2.04. The Bertz CT molecular complexity index is 949. The first kappa shape index (κ1) is 14.9. The predicted octanol–water partition coefficient (Wildman–Crippen LogP) is 4.54. The summed E-state index contributed by atoms with van der Waals surface area (Å²) in [5, 5.41) is 9.44. The van der Waals surface area contributed by atoms with Gasteiger partial charge in [0.15, 0.2) is 6.29 Å². The monoisotopic (exact) mass is 314 g/mol. The number of nitriles is 1. The Kier molecular flexibility index (Phi) is 3.41.